The highest BCUT2D eigenvalue weighted by Crippen LogP contribution is 2.21. The average Bonchev–Trinajstić information content (AvgIpc) is 2.81. The Labute approximate surface area is 124 Å². The maximum atomic E-state index is 14.0. The van der Waals surface area contributed by atoms with E-state index in [2.05, 4.69) is 34.6 Å². The molecule has 0 amide bonds. The molecule has 3 rings (SSSR count). The maximum absolute atomic E-state index is 14.0. The van der Waals surface area contributed by atoms with Gasteiger partial charge in [-0.2, -0.15) is 5.10 Å². The predicted molar refractivity (Wildman–Crippen MR) is 83.0 cm³/mol. The van der Waals surface area contributed by atoms with Gasteiger partial charge in [0.1, 0.15) is 5.52 Å². The molecule has 0 saturated carbocycles. The fourth-order valence-corrected chi connectivity index (χ4v) is 2.87. The van der Waals surface area contributed by atoms with E-state index in [1.54, 1.807) is 11.7 Å². The van der Waals surface area contributed by atoms with Gasteiger partial charge in [0.15, 0.2) is 5.82 Å². The van der Waals surface area contributed by atoms with Crippen molar-refractivity contribution in [2.75, 3.05) is 32.0 Å². The van der Waals surface area contributed by atoms with Crippen LogP contribution in [0.15, 0.2) is 18.3 Å². The standard InChI is InChI=1S/C15H22FN5/c1-10-6-17-7-13(21(10)3)8-18-12-4-11-9-20(2)19-15(11)14(16)5-12/h4-5,9-10,13,17-18H,6-8H2,1-3H3/t10-,13+/m1/s1. The van der Waals surface area contributed by atoms with Crippen molar-refractivity contribution in [3.63, 3.8) is 0 Å². The lowest BCUT2D eigenvalue weighted by Gasteiger charge is -2.38. The van der Waals surface area contributed by atoms with Crippen molar-refractivity contribution >= 4 is 16.6 Å². The summed E-state index contributed by atoms with van der Waals surface area (Å²) < 4.78 is 15.7. The number of aromatic nitrogens is 2. The van der Waals surface area contributed by atoms with Crippen molar-refractivity contribution in [1.29, 1.82) is 0 Å². The van der Waals surface area contributed by atoms with Crippen LogP contribution in [0.4, 0.5) is 10.1 Å². The van der Waals surface area contributed by atoms with Crippen LogP contribution in [0.2, 0.25) is 0 Å². The first-order valence-corrected chi connectivity index (χ1v) is 7.34. The third kappa shape index (κ3) is 2.87. The number of halogens is 1. The molecule has 0 unspecified atom stereocenters. The fourth-order valence-electron chi connectivity index (χ4n) is 2.87. The van der Waals surface area contributed by atoms with E-state index >= 15 is 0 Å². The van der Waals surface area contributed by atoms with Crippen LogP contribution >= 0.6 is 0 Å². The van der Waals surface area contributed by atoms with Gasteiger partial charge in [-0.1, -0.05) is 0 Å². The molecule has 2 aromatic rings. The van der Waals surface area contributed by atoms with Crippen LogP contribution in [0.25, 0.3) is 10.9 Å². The molecule has 5 nitrogen and oxygen atoms in total. The zero-order valence-corrected chi connectivity index (χ0v) is 12.7. The van der Waals surface area contributed by atoms with Crippen molar-refractivity contribution in [1.82, 2.24) is 20.0 Å². The molecule has 1 aliphatic rings. The number of piperazine rings is 1. The highest BCUT2D eigenvalue weighted by atomic mass is 19.1. The van der Waals surface area contributed by atoms with Gasteiger partial charge < -0.3 is 10.6 Å². The van der Waals surface area contributed by atoms with Gasteiger partial charge >= 0.3 is 0 Å². The Balaban J connectivity index is 1.73. The van der Waals surface area contributed by atoms with Gasteiger partial charge in [-0.25, -0.2) is 4.39 Å². The highest BCUT2D eigenvalue weighted by Gasteiger charge is 2.23. The largest absolute Gasteiger partial charge is 0.383 e. The molecular weight excluding hydrogens is 269 g/mol. The minimum absolute atomic E-state index is 0.279. The molecule has 1 saturated heterocycles. The molecule has 0 bridgehead atoms. The lowest BCUT2D eigenvalue weighted by molar-refractivity contribution is 0.148. The fraction of sp³-hybridized carbons (Fsp3) is 0.533. The van der Waals surface area contributed by atoms with E-state index in [0.717, 1.165) is 30.7 Å². The predicted octanol–water partition coefficient (Wildman–Crippen LogP) is 1.42. The summed E-state index contributed by atoms with van der Waals surface area (Å²) in [6.07, 6.45) is 1.83. The normalized spacial score (nSPS) is 23.6. The third-order valence-corrected chi connectivity index (χ3v) is 4.31. The summed E-state index contributed by atoms with van der Waals surface area (Å²) in [5.41, 5.74) is 1.23. The monoisotopic (exact) mass is 291 g/mol. The van der Waals surface area contributed by atoms with Gasteiger partial charge in [0.25, 0.3) is 0 Å². The lowest BCUT2D eigenvalue weighted by atomic mass is 10.1. The SMILES string of the molecule is C[C@@H]1CNC[C@@H](CNc2cc(F)c3nn(C)cc3c2)N1C. The molecule has 2 N–H and O–H groups in total. The molecule has 1 aromatic carbocycles. The van der Waals surface area contributed by atoms with Crippen molar-refractivity contribution in [2.24, 2.45) is 7.05 Å². The van der Waals surface area contributed by atoms with Crippen LogP contribution in [0.5, 0.6) is 0 Å². The Morgan fingerprint density at radius 3 is 3.00 bits per heavy atom. The number of hydrogen-bond donors (Lipinski definition) is 2. The number of nitrogens with zero attached hydrogens (tertiary/aromatic N) is 3. The molecule has 1 aromatic heterocycles. The second-order valence-corrected chi connectivity index (χ2v) is 5.91. The summed E-state index contributed by atoms with van der Waals surface area (Å²) in [6, 6.07) is 4.39. The first-order chi connectivity index (χ1) is 10.0. The summed E-state index contributed by atoms with van der Waals surface area (Å²) in [5.74, 6) is -0.279. The molecule has 6 heteroatoms. The van der Waals surface area contributed by atoms with Crippen LogP contribution in [0.1, 0.15) is 6.92 Å². The molecule has 2 heterocycles. The Morgan fingerprint density at radius 2 is 2.19 bits per heavy atom. The van der Waals surface area contributed by atoms with E-state index in [9.17, 15) is 4.39 Å². The van der Waals surface area contributed by atoms with Gasteiger partial charge in [-0.15, -0.1) is 0 Å². The summed E-state index contributed by atoms with van der Waals surface area (Å²) in [6.45, 7) is 4.97. The summed E-state index contributed by atoms with van der Waals surface area (Å²) in [7, 11) is 3.94. The Hall–Kier alpha value is -1.66. The van der Waals surface area contributed by atoms with Crippen molar-refractivity contribution in [3.05, 3.63) is 24.1 Å². The van der Waals surface area contributed by atoms with E-state index in [1.807, 2.05) is 12.3 Å². The van der Waals surface area contributed by atoms with Gasteiger partial charge in [0, 0.05) is 56.0 Å². The number of anilines is 1. The Kier molecular flexibility index (Phi) is 3.82. The third-order valence-electron chi connectivity index (χ3n) is 4.31. The number of hydrogen-bond acceptors (Lipinski definition) is 4. The van der Waals surface area contributed by atoms with Gasteiger partial charge in [0.05, 0.1) is 0 Å². The smallest absolute Gasteiger partial charge is 0.153 e. The number of rotatable bonds is 3. The lowest BCUT2D eigenvalue weighted by Crippen LogP contribution is -2.56. The molecule has 0 radical (unpaired) electrons. The molecule has 114 valence electrons. The Morgan fingerprint density at radius 1 is 1.38 bits per heavy atom. The topological polar surface area (TPSA) is 45.1 Å². The molecule has 21 heavy (non-hydrogen) atoms. The number of nitrogens with one attached hydrogen (secondary N) is 2. The van der Waals surface area contributed by atoms with Crippen LogP contribution in [-0.4, -0.2) is 53.4 Å². The van der Waals surface area contributed by atoms with Crippen LogP contribution < -0.4 is 10.6 Å². The van der Waals surface area contributed by atoms with Gasteiger partial charge in [-0.05, 0) is 26.1 Å². The molecule has 1 fully saturated rings. The quantitative estimate of drug-likeness (QED) is 0.898. The van der Waals surface area contributed by atoms with E-state index in [-0.39, 0.29) is 5.82 Å². The van der Waals surface area contributed by atoms with Gasteiger partial charge in [0.2, 0.25) is 0 Å². The summed E-state index contributed by atoms with van der Waals surface area (Å²) >= 11 is 0. The van der Waals surface area contributed by atoms with E-state index in [4.69, 9.17) is 0 Å². The van der Waals surface area contributed by atoms with E-state index < -0.39 is 0 Å². The minimum Gasteiger partial charge on any atom is -0.383 e. The molecule has 1 aliphatic heterocycles. The first kappa shape index (κ1) is 14.3. The highest BCUT2D eigenvalue weighted by molar-refractivity contribution is 5.82. The Bertz CT molecular complexity index is 638. The first-order valence-electron chi connectivity index (χ1n) is 7.34. The van der Waals surface area contributed by atoms with Crippen LogP contribution in [0.3, 0.4) is 0 Å². The minimum atomic E-state index is -0.279. The van der Waals surface area contributed by atoms with Crippen molar-refractivity contribution in [3.8, 4) is 0 Å². The van der Waals surface area contributed by atoms with Crippen LogP contribution in [-0.2, 0) is 7.05 Å². The summed E-state index contributed by atoms with van der Waals surface area (Å²) in [4.78, 5) is 2.36. The maximum Gasteiger partial charge on any atom is 0.153 e. The van der Waals surface area contributed by atoms with Crippen molar-refractivity contribution in [2.45, 2.75) is 19.0 Å². The zero-order valence-electron chi connectivity index (χ0n) is 12.7. The number of fused-ring (bicyclic) bond motifs is 1. The molecule has 0 spiro atoms. The second kappa shape index (κ2) is 5.61. The van der Waals surface area contributed by atoms with Gasteiger partial charge in [-0.3, -0.25) is 9.58 Å². The van der Waals surface area contributed by atoms with E-state index in [1.165, 1.54) is 6.07 Å². The molecular formula is C15H22FN5. The van der Waals surface area contributed by atoms with Crippen molar-refractivity contribution < 1.29 is 4.39 Å². The molecule has 2 atom stereocenters. The number of benzene rings is 1. The zero-order chi connectivity index (χ0) is 15.0. The average molecular weight is 291 g/mol. The second-order valence-electron chi connectivity index (χ2n) is 5.91. The molecule has 0 aliphatic carbocycles. The van der Waals surface area contributed by atoms with Crippen LogP contribution in [0, 0.1) is 5.82 Å². The number of likely N-dealkylation sites (N-methyl/N-ethyl adjacent to an activating group) is 1. The number of aryl methyl sites for hydroxylation is 1. The van der Waals surface area contributed by atoms with E-state index in [0.29, 0.717) is 17.6 Å². The summed E-state index contributed by atoms with van der Waals surface area (Å²) in [5, 5.41) is 11.7.